The molecule has 0 spiro atoms. The van der Waals surface area contributed by atoms with Gasteiger partial charge in [0.25, 0.3) is 0 Å². The molecule has 23 heavy (non-hydrogen) atoms. The van der Waals surface area contributed by atoms with Gasteiger partial charge in [-0.05, 0) is 41.5 Å². The molecule has 2 heteroatoms. The average molecular weight is 306 g/mol. The number of Topliss-reactive ketones (excluding diaryl/α,β-unsaturated/α-hetero) is 1. The number of allylic oxidation sites excluding steroid dienone is 5. The van der Waals surface area contributed by atoms with Crippen molar-refractivity contribution in [1.29, 1.82) is 0 Å². The number of benzene rings is 1. The summed E-state index contributed by atoms with van der Waals surface area (Å²) in [5.74, 6) is 6.31. The van der Waals surface area contributed by atoms with Gasteiger partial charge in [-0.1, -0.05) is 57.0 Å². The van der Waals surface area contributed by atoms with Gasteiger partial charge in [-0.2, -0.15) is 0 Å². The minimum Gasteiger partial charge on any atom is -0.497 e. The fourth-order valence-electron chi connectivity index (χ4n) is 2.17. The van der Waals surface area contributed by atoms with Gasteiger partial charge in [-0.3, -0.25) is 4.79 Å². The third-order valence-electron chi connectivity index (χ3n) is 3.65. The van der Waals surface area contributed by atoms with E-state index in [4.69, 9.17) is 4.74 Å². The highest BCUT2D eigenvalue weighted by atomic mass is 16.5. The highest BCUT2D eigenvalue weighted by Gasteiger charge is 2.13. The van der Waals surface area contributed by atoms with Crippen LogP contribution in [0.25, 0.3) is 0 Å². The van der Waals surface area contributed by atoms with Crippen LogP contribution < -0.4 is 0 Å². The van der Waals surface area contributed by atoms with Gasteiger partial charge < -0.3 is 4.74 Å². The zero-order valence-electron chi connectivity index (χ0n) is 14.1. The summed E-state index contributed by atoms with van der Waals surface area (Å²) < 4.78 is 5.17. The Balaban J connectivity index is 2.13. The zero-order chi connectivity index (χ0) is 16.9. The lowest BCUT2D eigenvalue weighted by atomic mass is 9.86. The SMILES string of the molecule is COC1=CC=C(C#CC(=O)c2ccc(C(C)(C)C)cc2)CC=C1. The molecule has 1 aromatic rings. The molecule has 2 rings (SSSR count). The summed E-state index contributed by atoms with van der Waals surface area (Å²) in [4.78, 5) is 12.2. The number of hydrogen-bond donors (Lipinski definition) is 0. The molecule has 1 aliphatic carbocycles. The number of methoxy groups -OCH3 is 1. The second kappa shape index (κ2) is 7.15. The first-order valence-electron chi connectivity index (χ1n) is 7.68. The monoisotopic (exact) mass is 306 g/mol. The molecule has 118 valence electrons. The Labute approximate surface area is 138 Å². The number of ketones is 1. The van der Waals surface area contributed by atoms with Crippen LogP contribution in [0.15, 0.2) is 59.9 Å². The molecule has 0 unspecified atom stereocenters. The number of rotatable bonds is 2. The molecule has 0 fully saturated rings. The topological polar surface area (TPSA) is 26.3 Å². The molecule has 0 N–H and O–H groups in total. The van der Waals surface area contributed by atoms with Crippen LogP contribution in [-0.4, -0.2) is 12.9 Å². The van der Waals surface area contributed by atoms with Crippen molar-refractivity contribution < 1.29 is 9.53 Å². The van der Waals surface area contributed by atoms with E-state index in [0.29, 0.717) is 12.0 Å². The molecule has 0 aromatic heterocycles. The zero-order valence-corrected chi connectivity index (χ0v) is 14.1. The molecular weight excluding hydrogens is 284 g/mol. The van der Waals surface area contributed by atoms with E-state index in [1.54, 1.807) is 7.11 Å². The van der Waals surface area contributed by atoms with Gasteiger partial charge in [0.15, 0.2) is 0 Å². The van der Waals surface area contributed by atoms with Gasteiger partial charge in [-0.25, -0.2) is 0 Å². The Morgan fingerprint density at radius 1 is 1.13 bits per heavy atom. The third kappa shape index (κ3) is 4.72. The maximum atomic E-state index is 12.2. The van der Waals surface area contributed by atoms with E-state index in [9.17, 15) is 4.79 Å². The van der Waals surface area contributed by atoms with Gasteiger partial charge in [0.1, 0.15) is 5.76 Å². The van der Waals surface area contributed by atoms with Crippen molar-refractivity contribution >= 4 is 5.78 Å². The average Bonchev–Trinajstić information content (AvgIpc) is 2.77. The van der Waals surface area contributed by atoms with Crippen LogP contribution in [0.5, 0.6) is 0 Å². The highest BCUT2D eigenvalue weighted by Crippen LogP contribution is 2.22. The Morgan fingerprint density at radius 3 is 2.43 bits per heavy atom. The molecule has 0 amide bonds. The largest absolute Gasteiger partial charge is 0.497 e. The van der Waals surface area contributed by atoms with Gasteiger partial charge in [-0.15, -0.1) is 0 Å². The van der Waals surface area contributed by atoms with Crippen LogP contribution in [0.4, 0.5) is 0 Å². The molecule has 0 aliphatic heterocycles. The molecular formula is C21H22O2. The van der Waals surface area contributed by atoms with Crippen molar-refractivity contribution in [3.63, 3.8) is 0 Å². The molecule has 0 atom stereocenters. The Bertz CT molecular complexity index is 727. The third-order valence-corrected chi connectivity index (χ3v) is 3.65. The van der Waals surface area contributed by atoms with E-state index in [-0.39, 0.29) is 11.2 Å². The number of carbonyl (C=O) groups is 1. The molecule has 0 radical (unpaired) electrons. The first kappa shape index (κ1) is 16.8. The highest BCUT2D eigenvalue weighted by molar-refractivity contribution is 6.09. The second-order valence-electron chi connectivity index (χ2n) is 6.48. The van der Waals surface area contributed by atoms with Crippen LogP contribution in [0.1, 0.15) is 43.1 Å². The van der Waals surface area contributed by atoms with E-state index in [2.05, 4.69) is 32.6 Å². The molecule has 0 bridgehead atoms. The van der Waals surface area contributed by atoms with Crippen LogP contribution in [0, 0.1) is 11.8 Å². The molecule has 1 aliphatic rings. The van der Waals surface area contributed by atoms with E-state index in [0.717, 1.165) is 11.3 Å². The summed E-state index contributed by atoms with van der Waals surface area (Å²) in [5, 5.41) is 0. The fraction of sp³-hybridized carbons (Fsp3) is 0.286. The normalized spacial score (nSPS) is 14.1. The van der Waals surface area contributed by atoms with Crippen LogP contribution in [0.2, 0.25) is 0 Å². The van der Waals surface area contributed by atoms with Gasteiger partial charge in [0, 0.05) is 11.1 Å². The quantitative estimate of drug-likeness (QED) is 0.454. The van der Waals surface area contributed by atoms with Crippen LogP contribution in [0.3, 0.4) is 0 Å². The summed E-state index contributed by atoms with van der Waals surface area (Å²) in [5.41, 5.74) is 2.81. The van der Waals surface area contributed by atoms with Gasteiger partial charge in [0.2, 0.25) is 5.78 Å². The van der Waals surface area contributed by atoms with Crippen molar-refractivity contribution in [1.82, 2.24) is 0 Å². The van der Waals surface area contributed by atoms with Crippen LogP contribution >= 0.6 is 0 Å². The maximum Gasteiger partial charge on any atom is 0.236 e. The first-order valence-corrected chi connectivity index (χ1v) is 7.68. The summed E-state index contributed by atoms with van der Waals surface area (Å²) in [7, 11) is 1.63. The summed E-state index contributed by atoms with van der Waals surface area (Å²) in [6.45, 7) is 6.45. The maximum absolute atomic E-state index is 12.2. The van der Waals surface area contributed by atoms with E-state index >= 15 is 0 Å². The summed E-state index contributed by atoms with van der Waals surface area (Å²) in [6.07, 6.45) is 8.33. The predicted molar refractivity (Wildman–Crippen MR) is 94.2 cm³/mol. The lowest BCUT2D eigenvalue weighted by Crippen LogP contribution is -2.11. The minimum absolute atomic E-state index is 0.0795. The summed E-state index contributed by atoms with van der Waals surface area (Å²) in [6, 6.07) is 7.69. The molecule has 0 saturated heterocycles. The predicted octanol–water partition coefficient (Wildman–Crippen LogP) is 4.59. The lowest BCUT2D eigenvalue weighted by molar-refractivity contribution is 0.105. The molecule has 0 saturated carbocycles. The van der Waals surface area contributed by atoms with Gasteiger partial charge in [0.05, 0.1) is 7.11 Å². The van der Waals surface area contributed by atoms with Crippen molar-refractivity contribution in [2.24, 2.45) is 0 Å². The van der Waals surface area contributed by atoms with Crippen molar-refractivity contribution in [3.05, 3.63) is 71.0 Å². The molecule has 0 heterocycles. The van der Waals surface area contributed by atoms with Gasteiger partial charge >= 0.3 is 0 Å². The smallest absolute Gasteiger partial charge is 0.236 e. The molecule has 1 aromatic carbocycles. The van der Waals surface area contributed by atoms with E-state index in [1.165, 1.54) is 5.56 Å². The lowest BCUT2D eigenvalue weighted by Gasteiger charge is -2.18. The van der Waals surface area contributed by atoms with Crippen molar-refractivity contribution in [3.8, 4) is 11.8 Å². The van der Waals surface area contributed by atoms with E-state index < -0.39 is 0 Å². The number of carbonyl (C=O) groups excluding carboxylic acids is 1. The van der Waals surface area contributed by atoms with Crippen LogP contribution in [-0.2, 0) is 10.2 Å². The molecule has 2 nitrogen and oxygen atoms in total. The number of ether oxygens (including phenoxy) is 1. The second-order valence-corrected chi connectivity index (χ2v) is 6.48. The first-order chi connectivity index (χ1) is 10.9. The summed E-state index contributed by atoms with van der Waals surface area (Å²) >= 11 is 0. The standard InChI is InChI=1S/C21H22O2/c1-21(2,3)18-12-10-17(11-13-18)20(22)15-9-16-6-5-7-19(23-4)14-8-16/h5,7-8,10-14H,6H2,1-4H3. The van der Waals surface area contributed by atoms with E-state index in [1.807, 2.05) is 48.6 Å². The van der Waals surface area contributed by atoms with Crippen molar-refractivity contribution in [2.45, 2.75) is 32.6 Å². The Morgan fingerprint density at radius 2 is 1.83 bits per heavy atom. The minimum atomic E-state index is -0.157. The fourth-order valence-corrected chi connectivity index (χ4v) is 2.17. The Kier molecular flexibility index (Phi) is 5.24. The van der Waals surface area contributed by atoms with Crippen molar-refractivity contribution in [2.75, 3.05) is 7.11 Å². The Hall–Kier alpha value is -2.53. The number of hydrogen-bond acceptors (Lipinski definition) is 2.